The Hall–Kier alpha value is -2.38. The van der Waals surface area contributed by atoms with Gasteiger partial charge in [0.15, 0.2) is 11.5 Å². The molecule has 0 N–H and O–H groups in total. The highest BCUT2D eigenvalue weighted by atomic mass is 35.5. The van der Waals surface area contributed by atoms with Gasteiger partial charge in [-0.15, -0.1) is 0 Å². The van der Waals surface area contributed by atoms with Crippen molar-refractivity contribution in [3.05, 3.63) is 59.0 Å². The van der Waals surface area contributed by atoms with E-state index in [1.807, 2.05) is 18.2 Å². The maximum Gasteiger partial charge on any atom is 0.196 e. The lowest BCUT2D eigenvalue weighted by Crippen LogP contribution is -1.83. The van der Waals surface area contributed by atoms with Crippen molar-refractivity contribution in [1.29, 1.82) is 0 Å². The van der Waals surface area contributed by atoms with Crippen LogP contribution < -0.4 is 0 Å². The predicted molar refractivity (Wildman–Crippen MR) is 78.4 cm³/mol. The van der Waals surface area contributed by atoms with E-state index in [2.05, 4.69) is 21.8 Å². The average Bonchev–Trinajstić information content (AvgIpc) is 2.88. The molecule has 104 valence electrons. The maximum atomic E-state index is 13.2. The van der Waals surface area contributed by atoms with Crippen LogP contribution in [0.25, 0.3) is 11.1 Å². The largest absolute Gasteiger partial charge is 0.439 e. The highest BCUT2D eigenvalue weighted by Crippen LogP contribution is 2.26. The zero-order valence-corrected chi connectivity index (χ0v) is 11.7. The summed E-state index contributed by atoms with van der Waals surface area (Å²) < 4.78 is 18.7. The summed E-state index contributed by atoms with van der Waals surface area (Å²) in [4.78, 5) is 8.31. The normalized spacial score (nSPS) is 10.4. The molecule has 2 aromatic heterocycles. The summed E-state index contributed by atoms with van der Waals surface area (Å²) in [6.07, 6.45) is 2.80. The molecule has 5 heteroatoms. The molecule has 1 aromatic carbocycles. The van der Waals surface area contributed by atoms with E-state index in [1.165, 1.54) is 12.1 Å². The third-order valence-corrected chi connectivity index (χ3v) is 3.08. The molecule has 0 amide bonds. The molecule has 0 radical (unpaired) electrons. The Bertz CT molecular complexity index is 834. The van der Waals surface area contributed by atoms with Crippen LogP contribution in [0.3, 0.4) is 0 Å². The van der Waals surface area contributed by atoms with Gasteiger partial charge in [0.25, 0.3) is 0 Å². The second-order valence-corrected chi connectivity index (χ2v) is 4.77. The van der Waals surface area contributed by atoms with E-state index in [0.717, 1.165) is 5.69 Å². The van der Waals surface area contributed by atoms with Gasteiger partial charge in [0, 0.05) is 25.1 Å². The van der Waals surface area contributed by atoms with E-state index in [-0.39, 0.29) is 5.02 Å². The Balaban J connectivity index is 1.72. The highest BCUT2D eigenvalue weighted by Gasteiger charge is 2.10. The summed E-state index contributed by atoms with van der Waals surface area (Å²) in [6, 6.07) is 8.07. The number of aromatic nitrogens is 2. The van der Waals surface area contributed by atoms with Crippen LogP contribution in [0, 0.1) is 17.7 Å². The fraction of sp³-hybridized carbons (Fsp3) is 0.125. The molecule has 2 heterocycles. The zero-order chi connectivity index (χ0) is 14.7. The fourth-order valence-electron chi connectivity index (χ4n) is 1.87. The first-order valence-corrected chi connectivity index (χ1v) is 6.74. The zero-order valence-electron chi connectivity index (χ0n) is 10.9. The number of rotatable bonds is 2. The summed E-state index contributed by atoms with van der Waals surface area (Å²) in [5.41, 5.74) is 1.55. The molecule has 0 saturated carbocycles. The number of hydrogen-bond acceptors (Lipinski definition) is 3. The summed E-state index contributed by atoms with van der Waals surface area (Å²) >= 11 is 5.91. The summed E-state index contributed by atoms with van der Waals surface area (Å²) in [6.45, 7) is 0. The Kier molecular flexibility index (Phi) is 3.85. The van der Waals surface area contributed by atoms with Crippen LogP contribution in [0.5, 0.6) is 0 Å². The molecule has 21 heavy (non-hydrogen) atoms. The van der Waals surface area contributed by atoms with Gasteiger partial charge in [-0.2, -0.15) is 0 Å². The van der Waals surface area contributed by atoms with Gasteiger partial charge in [0.05, 0.1) is 5.02 Å². The molecule has 0 aliphatic heterocycles. The molecule has 0 bridgehead atoms. The van der Waals surface area contributed by atoms with Crippen LogP contribution in [0.4, 0.5) is 4.39 Å². The fourth-order valence-corrected chi connectivity index (χ4v) is 2.11. The van der Waals surface area contributed by atoms with Crippen molar-refractivity contribution in [1.82, 2.24) is 9.97 Å². The van der Waals surface area contributed by atoms with E-state index in [9.17, 15) is 4.39 Å². The molecule has 0 spiro atoms. The molecule has 3 rings (SSSR count). The summed E-state index contributed by atoms with van der Waals surface area (Å²) in [5, 5.41) is 0.225. The molecule has 0 unspecified atom stereocenters. The lowest BCUT2D eigenvalue weighted by molar-refractivity contribution is 0.531. The minimum Gasteiger partial charge on any atom is -0.439 e. The van der Waals surface area contributed by atoms with Gasteiger partial charge < -0.3 is 4.42 Å². The lowest BCUT2D eigenvalue weighted by atomic mass is 10.3. The van der Waals surface area contributed by atoms with E-state index in [4.69, 9.17) is 16.0 Å². The first-order valence-electron chi connectivity index (χ1n) is 6.37. The first-order chi connectivity index (χ1) is 10.2. The third-order valence-electron chi connectivity index (χ3n) is 2.80. The van der Waals surface area contributed by atoms with E-state index >= 15 is 0 Å². The van der Waals surface area contributed by atoms with Crippen molar-refractivity contribution in [3.63, 3.8) is 0 Å². The quantitative estimate of drug-likeness (QED) is 0.672. The summed E-state index contributed by atoms with van der Waals surface area (Å²) in [5.74, 6) is 6.02. The Morgan fingerprint density at radius 3 is 3.00 bits per heavy atom. The number of fused-ring (bicyclic) bond motifs is 1. The molecule has 0 saturated heterocycles. The molecular formula is C16H10ClFN2O. The van der Waals surface area contributed by atoms with Gasteiger partial charge in [-0.3, -0.25) is 0 Å². The smallest absolute Gasteiger partial charge is 0.196 e. The number of aryl methyl sites for hydroxylation is 1. The molecule has 0 aliphatic rings. The van der Waals surface area contributed by atoms with Crippen molar-refractivity contribution < 1.29 is 8.81 Å². The number of halogens is 2. The van der Waals surface area contributed by atoms with Crippen molar-refractivity contribution in [2.24, 2.45) is 0 Å². The molecule has 0 atom stereocenters. The van der Waals surface area contributed by atoms with Gasteiger partial charge >= 0.3 is 0 Å². The lowest BCUT2D eigenvalue weighted by Gasteiger charge is -1.90. The number of nitrogens with zero attached hydrogens (tertiary/aromatic N) is 2. The van der Waals surface area contributed by atoms with Crippen LogP contribution >= 0.6 is 11.6 Å². The topological polar surface area (TPSA) is 38.9 Å². The number of oxazole rings is 1. The molecule has 3 nitrogen and oxygen atoms in total. The SMILES string of the molecule is Fc1cc(Cl)c2oc(CCC#Cc3ccccn3)nc2c1. The van der Waals surface area contributed by atoms with Crippen molar-refractivity contribution in [3.8, 4) is 11.8 Å². The Labute approximate surface area is 125 Å². The van der Waals surface area contributed by atoms with Crippen LogP contribution in [0.15, 0.2) is 40.9 Å². The first kappa shape index (κ1) is 13.6. The van der Waals surface area contributed by atoms with Crippen molar-refractivity contribution in [2.45, 2.75) is 12.8 Å². The number of pyridine rings is 1. The van der Waals surface area contributed by atoms with Crippen molar-refractivity contribution in [2.75, 3.05) is 0 Å². The molecule has 0 aliphatic carbocycles. The summed E-state index contributed by atoms with van der Waals surface area (Å²) in [7, 11) is 0. The van der Waals surface area contributed by atoms with E-state index < -0.39 is 5.82 Å². The van der Waals surface area contributed by atoms with Gasteiger partial charge in [-0.1, -0.05) is 23.6 Å². The van der Waals surface area contributed by atoms with Gasteiger partial charge in [0.1, 0.15) is 17.0 Å². The minimum absolute atomic E-state index is 0.225. The highest BCUT2D eigenvalue weighted by molar-refractivity contribution is 6.34. The molecule has 0 fully saturated rings. The van der Waals surface area contributed by atoms with Crippen LogP contribution in [-0.4, -0.2) is 9.97 Å². The number of benzene rings is 1. The average molecular weight is 301 g/mol. The second-order valence-electron chi connectivity index (χ2n) is 4.36. The van der Waals surface area contributed by atoms with Gasteiger partial charge in [0.2, 0.25) is 0 Å². The second kappa shape index (κ2) is 5.94. The van der Waals surface area contributed by atoms with Crippen LogP contribution in [0.1, 0.15) is 18.0 Å². The van der Waals surface area contributed by atoms with Crippen LogP contribution in [0.2, 0.25) is 5.02 Å². The Morgan fingerprint density at radius 2 is 2.19 bits per heavy atom. The van der Waals surface area contributed by atoms with Crippen LogP contribution in [-0.2, 0) is 6.42 Å². The standard InChI is InChI=1S/C16H10ClFN2O/c17-13-9-11(18)10-14-16(13)21-15(20-14)7-2-1-5-12-6-3-4-8-19-12/h3-4,6,8-10H,2,7H2. The Morgan fingerprint density at radius 1 is 1.29 bits per heavy atom. The van der Waals surface area contributed by atoms with E-state index in [1.54, 1.807) is 6.20 Å². The third kappa shape index (κ3) is 3.21. The maximum absolute atomic E-state index is 13.2. The van der Waals surface area contributed by atoms with Gasteiger partial charge in [-0.05, 0) is 24.1 Å². The minimum atomic E-state index is -0.428. The van der Waals surface area contributed by atoms with Crippen molar-refractivity contribution >= 4 is 22.7 Å². The number of hydrogen-bond donors (Lipinski definition) is 0. The molecule has 3 aromatic rings. The predicted octanol–water partition coefficient (Wildman–Crippen LogP) is 4.00. The monoisotopic (exact) mass is 300 g/mol. The molecular weight excluding hydrogens is 291 g/mol. The van der Waals surface area contributed by atoms with Gasteiger partial charge in [-0.25, -0.2) is 14.4 Å². The van der Waals surface area contributed by atoms with E-state index in [0.29, 0.717) is 29.8 Å².